The van der Waals surface area contributed by atoms with E-state index < -0.39 is 0 Å². The van der Waals surface area contributed by atoms with Gasteiger partial charge in [-0.3, -0.25) is 0 Å². The third-order valence-corrected chi connectivity index (χ3v) is 1.16. The number of hydrogen-bond acceptors (Lipinski definition) is 2. The molecule has 10 heavy (non-hydrogen) atoms. The Morgan fingerprint density at radius 2 is 2.20 bits per heavy atom. The van der Waals surface area contributed by atoms with Crippen LogP contribution in [0.3, 0.4) is 0 Å². The summed E-state index contributed by atoms with van der Waals surface area (Å²) in [4.78, 5) is 7.77. The fraction of sp³-hybridized carbons (Fsp3) is 0.429. The van der Waals surface area contributed by atoms with E-state index in [0.29, 0.717) is 0 Å². The van der Waals surface area contributed by atoms with Crippen LogP contribution in [0.1, 0.15) is 18.3 Å². The van der Waals surface area contributed by atoms with Gasteiger partial charge in [0.1, 0.15) is 0 Å². The van der Waals surface area contributed by atoms with Gasteiger partial charge in [0.15, 0.2) is 0 Å². The molecule has 0 bridgehead atoms. The van der Waals surface area contributed by atoms with Crippen LogP contribution in [0.25, 0.3) is 0 Å². The monoisotopic (exact) mass is 305 g/mol. The molecule has 0 N–H and O–H groups in total. The van der Waals surface area contributed by atoms with Crippen LogP contribution in [0.15, 0.2) is 6.07 Å². The SMILES string of the molecule is CCc1cc(C)n[c-]n1.[W]. The molecule has 0 spiro atoms. The number of rotatable bonds is 1. The van der Waals surface area contributed by atoms with Crippen LogP contribution < -0.4 is 0 Å². The van der Waals surface area contributed by atoms with Gasteiger partial charge in [-0.05, 0) is 0 Å². The minimum Gasteiger partial charge on any atom is -0.371 e. The van der Waals surface area contributed by atoms with Crippen molar-refractivity contribution in [3.05, 3.63) is 23.8 Å². The summed E-state index contributed by atoms with van der Waals surface area (Å²) in [5.41, 5.74) is 2.05. The Morgan fingerprint density at radius 3 is 2.60 bits per heavy atom. The van der Waals surface area contributed by atoms with Crippen LogP contribution in [0.5, 0.6) is 0 Å². The summed E-state index contributed by atoms with van der Waals surface area (Å²) in [6.45, 7) is 4.01. The number of aromatic nitrogens is 2. The van der Waals surface area contributed by atoms with Crippen molar-refractivity contribution in [3.8, 4) is 0 Å². The maximum Gasteiger partial charge on any atom is 0.0218 e. The molecule has 0 fully saturated rings. The first kappa shape index (κ1) is 9.77. The van der Waals surface area contributed by atoms with E-state index in [0.717, 1.165) is 17.8 Å². The molecule has 0 aliphatic carbocycles. The molecule has 0 saturated heterocycles. The van der Waals surface area contributed by atoms with Gasteiger partial charge in [0.25, 0.3) is 0 Å². The second kappa shape index (κ2) is 4.56. The number of aryl methyl sites for hydroxylation is 2. The van der Waals surface area contributed by atoms with Gasteiger partial charge >= 0.3 is 0 Å². The average Bonchev–Trinajstić information content (AvgIpc) is 1.88. The van der Waals surface area contributed by atoms with Crippen LogP contribution in [0.2, 0.25) is 0 Å². The molecule has 0 aliphatic rings. The third kappa shape index (κ3) is 2.57. The quantitative estimate of drug-likeness (QED) is 0.727. The molecule has 1 heterocycles. The number of nitrogens with zero attached hydrogens (tertiary/aromatic N) is 2. The Bertz CT molecular complexity index is 201. The molecule has 0 unspecified atom stereocenters. The van der Waals surface area contributed by atoms with E-state index in [-0.39, 0.29) is 21.1 Å². The van der Waals surface area contributed by atoms with E-state index in [4.69, 9.17) is 0 Å². The van der Waals surface area contributed by atoms with E-state index in [1.807, 2.05) is 13.0 Å². The summed E-state index contributed by atoms with van der Waals surface area (Å²) in [5.74, 6) is 0. The second-order valence-corrected chi connectivity index (χ2v) is 1.95. The molecule has 0 radical (unpaired) electrons. The fourth-order valence-electron chi connectivity index (χ4n) is 0.655. The predicted molar refractivity (Wildman–Crippen MR) is 35.0 cm³/mol. The molecule has 0 aromatic carbocycles. The Balaban J connectivity index is 0.000000810. The first-order chi connectivity index (χ1) is 4.33. The first-order valence-electron chi connectivity index (χ1n) is 3.03. The largest absolute Gasteiger partial charge is 0.371 e. The molecule has 0 saturated carbocycles. The van der Waals surface area contributed by atoms with E-state index in [2.05, 4.69) is 23.2 Å². The minimum absolute atomic E-state index is 0. The van der Waals surface area contributed by atoms with Crippen molar-refractivity contribution >= 4 is 0 Å². The van der Waals surface area contributed by atoms with Gasteiger partial charge in [0.05, 0.1) is 0 Å². The van der Waals surface area contributed by atoms with Gasteiger partial charge in [0, 0.05) is 27.4 Å². The zero-order valence-corrected chi connectivity index (χ0v) is 9.02. The first-order valence-corrected chi connectivity index (χ1v) is 3.03. The van der Waals surface area contributed by atoms with Crippen molar-refractivity contribution in [1.29, 1.82) is 0 Å². The van der Waals surface area contributed by atoms with E-state index >= 15 is 0 Å². The smallest absolute Gasteiger partial charge is 0.0218 e. The van der Waals surface area contributed by atoms with Gasteiger partial charge in [-0.15, -0.1) is 6.07 Å². The molecule has 54 valence electrons. The predicted octanol–water partition coefficient (Wildman–Crippen LogP) is 1.15. The maximum atomic E-state index is 3.92. The van der Waals surface area contributed by atoms with Crippen LogP contribution in [0, 0.1) is 13.3 Å². The molecular weight excluding hydrogens is 296 g/mol. The van der Waals surface area contributed by atoms with Gasteiger partial charge < -0.3 is 9.97 Å². The Kier molecular flexibility index (Phi) is 4.46. The second-order valence-electron chi connectivity index (χ2n) is 1.95. The van der Waals surface area contributed by atoms with Gasteiger partial charge in [0.2, 0.25) is 0 Å². The topological polar surface area (TPSA) is 25.8 Å². The van der Waals surface area contributed by atoms with E-state index in [1.54, 1.807) is 0 Å². The molecule has 3 heteroatoms. The summed E-state index contributed by atoms with van der Waals surface area (Å²) in [6, 6.07) is 1.97. The van der Waals surface area contributed by atoms with Crippen molar-refractivity contribution in [3.63, 3.8) is 0 Å². The maximum absolute atomic E-state index is 3.92. The number of hydrogen-bond donors (Lipinski definition) is 0. The molecule has 0 amide bonds. The summed E-state index contributed by atoms with van der Waals surface area (Å²) in [6.07, 6.45) is 3.54. The molecule has 1 rings (SSSR count). The van der Waals surface area contributed by atoms with E-state index in [1.165, 1.54) is 0 Å². The Morgan fingerprint density at radius 1 is 1.50 bits per heavy atom. The summed E-state index contributed by atoms with van der Waals surface area (Å²) in [5, 5.41) is 0. The Labute approximate surface area is 75.4 Å². The van der Waals surface area contributed by atoms with Crippen LogP contribution in [-0.2, 0) is 27.5 Å². The molecule has 2 nitrogen and oxygen atoms in total. The summed E-state index contributed by atoms with van der Waals surface area (Å²) < 4.78 is 0. The van der Waals surface area contributed by atoms with Gasteiger partial charge in [-0.2, -0.15) is 0 Å². The average molecular weight is 305 g/mol. The molecule has 1 aromatic heterocycles. The van der Waals surface area contributed by atoms with Crippen LogP contribution in [-0.4, -0.2) is 9.97 Å². The zero-order valence-electron chi connectivity index (χ0n) is 6.09. The molecule has 0 atom stereocenters. The Hall–Kier alpha value is -0.232. The van der Waals surface area contributed by atoms with Gasteiger partial charge in [-0.1, -0.05) is 31.7 Å². The van der Waals surface area contributed by atoms with Crippen molar-refractivity contribution in [2.45, 2.75) is 20.3 Å². The molecule has 0 aliphatic heterocycles. The van der Waals surface area contributed by atoms with E-state index in [9.17, 15) is 0 Å². The summed E-state index contributed by atoms with van der Waals surface area (Å²) in [7, 11) is 0. The third-order valence-electron chi connectivity index (χ3n) is 1.16. The van der Waals surface area contributed by atoms with Crippen molar-refractivity contribution < 1.29 is 21.1 Å². The molecule has 1 aromatic rings. The van der Waals surface area contributed by atoms with Crippen molar-refractivity contribution in [2.24, 2.45) is 0 Å². The zero-order chi connectivity index (χ0) is 6.69. The van der Waals surface area contributed by atoms with Crippen LogP contribution in [0.4, 0.5) is 0 Å². The normalized spacial score (nSPS) is 8.60. The van der Waals surface area contributed by atoms with Crippen LogP contribution >= 0.6 is 0 Å². The van der Waals surface area contributed by atoms with Crippen molar-refractivity contribution in [2.75, 3.05) is 0 Å². The fourth-order valence-corrected chi connectivity index (χ4v) is 0.655. The van der Waals surface area contributed by atoms with Gasteiger partial charge in [-0.25, -0.2) is 0 Å². The molecular formula is C7H9N2W-. The standard InChI is InChI=1S/C7H9N2.W/c1-3-7-4-6(2)8-5-9-7;/h4H,3H2,1-2H3;/q-1;. The van der Waals surface area contributed by atoms with Crippen molar-refractivity contribution in [1.82, 2.24) is 9.97 Å². The summed E-state index contributed by atoms with van der Waals surface area (Å²) >= 11 is 0. The minimum atomic E-state index is 0.